The number of hydrogen-bond donors (Lipinski definition) is 1. The third-order valence-electron chi connectivity index (χ3n) is 6.47. The predicted molar refractivity (Wildman–Crippen MR) is 126 cm³/mol. The summed E-state index contributed by atoms with van der Waals surface area (Å²) in [6.45, 7) is 5.59. The van der Waals surface area contributed by atoms with Gasteiger partial charge in [0.05, 0.1) is 23.8 Å². The number of sulfonamides is 1. The van der Waals surface area contributed by atoms with Crippen LogP contribution in [-0.4, -0.2) is 49.2 Å². The number of nitrogens with one attached hydrogen (secondary N) is 1. The number of amides is 1. The van der Waals surface area contributed by atoms with E-state index in [4.69, 9.17) is 4.74 Å². The molecule has 4 rings (SSSR count). The number of carbonyl (C=O) groups is 1. The summed E-state index contributed by atoms with van der Waals surface area (Å²) in [7, 11) is -3.64. The molecule has 0 radical (unpaired) electrons. The average molecular weight is 475 g/mol. The number of benzene rings is 2. The Labute approximate surface area is 195 Å². The zero-order chi connectivity index (χ0) is 23.8. The van der Waals surface area contributed by atoms with E-state index in [0.29, 0.717) is 41.8 Å². The van der Waals surface area contributed by atoms with Gasteiger partial charge in [-0.15, -0.1) is 0 Å². The van der Waals surface area contributed by atoms with Gasteiger partial charge in [-0.1, -0.05) is 36.4 Å². The molecule has 1 amide bonds. The standard InChI is InChI=1S/C25H31FN2O4S/c1-25(2,3)33(30,31)27-20-11-7-14-28-21(20)16-17-8-6-10-19(24(17)26)18-9-4-5-12-22(18)32-15-13-23(28)29/h4-6,8-10,12,20-21,27H,7,11,13-16H2,1-3H3. The number of halogens is 1. The van der Waals surface area contributed by atoms with Crippen LogP contribution in [0.25, 0.3) is 11.1 Å². The summed E-state index contributed by atoms with van der Waals surface area (Å²) in [5.74, 6) is 0.0479. The van der Waals surface area contributed by atoms with Crippen molar-refractivity contribution < 1.29 is 22.3 Å². The number of nitrogens with zero attached hydrogens (tertiary/aromatic N) is 1. The topological polar surface area (TPSA) is 75.7 Å². The van der Waals surface area contributed by atoms with Crippen LogP contribution < -0.4 is 9.46 Å². The summed E-state index contributed by atoms with van der Waals surface area (Å²) in [4.78, 5) is 14.9. The van der Waals surface area contributed by atoms with E-state index < -0.39 is 26.9 Å². The minimum atomic E-state index is -3.64. The van der Waals surface area contributed by atoms with Gasteiger partial charge in [0, 0.05) is 23.7 Å². The second kappa shape index (κ2) is 9.06. The van der Waals surface area contributed by atoms with Crippen molar-refractivity contribution in [1.82, 2.24) is 9.62 Å². The summed E-state index contributed by atoms with van der Waals surface area (Å²) in [5.41, 5.74) is 1.52. The van der Waals surface area contributed by atoms with E-state index >= 15 is 4.39 Å². The predicted octanol–water partition coefficient (Wildman–Crippen LogP) is 3.90. The molecule has 2 aromatic carbocycles. The number of carbonyl (C=O) groups excluding carboxylic acids is 1. The quantitative estimate of drug-likeness (QED) is 0.717. The van der Waals surface area contributed by atoms with Crippen molar-refractivity contribution in [3.05, 3.63) is 53.8 Å². The maximum absolute atomic E-state index is 15.7. The Morgan fingerprint density at radius 2 is 1.82 bits per heavy atom. The van der Waals surface area contributed by atoms with Gasteiger partial charge in [0.2, 0.25) is 15.9 Å². The molecule has 2 aromatic rings. The SMILES string of the molecule is CC(C)(C)S(=O)(=O)NC1CCCN2C(=O)CCOc3ccccc3-c3cccc(c3F)CC12. The highest BCUT2D eigenvalue weighted by Gasteiger charge is 2.40. The smallest absolute Gasteiger partial charge is 0.226 e. The van der Waals surface area contributed by atoms with Crippen LogP contribution in [0.3, 0.4) is 0 Å². The molecular formula is C25H31FN2O4S. The fourth-order valence-corrected chi connectivity index (χ4v) is 5.54. The first-order valence-electron chi connectivity index (χ1n) is 11.4. The fourth-order valence-electron chi connectivity index (χ4n) is 4.51. The van der Waals surface area contributed by atoms with Crippen LogP contribution in [-0.2, 0) is 21.2 Å². The molecule has 0 saturated carbocycles. The maximum atomic E-state index is 15.7. The van der Waals surface area contributed by atoms with Crippen molar-refractivity contribution in [1.29, 1.82) is 0 Å². The fraction of sp³-hybridized carbons (Fsp3) is 0.480. The van der Waals surface area contributed by atoms with Gasteiger partial charge in [-0.25, -0.2) is 17.5 Å². The Kier molecular flexibility index (Phi) is 6.51. The lowest BCUT2D eigenvalue weighted by Gasteiger charge is -2.42. The van der Waals surface area contributed by atoms with Crippen LogP contribution in [0, 0.1) is 5.82 Å². The summed E-state index contributed by atoms with van der Waals surface area (Å²) in [6, 6.07) is 11.5. The first-order valence-corrected chi connectivity index (χ1v) is 12.9. The molecule has 2 atom stereocenters. The molecule has 8 heteroatoms. The molecule has 2 aliphatic rings. The first kappa shape index (κ1) is 23.7. The van der Waals surface area contributed by atoms with Crippen molar-refractivity contribution >= 4 is 15.9 Å². The third kappa shape index (κ3) is 4.77. The molecule has 2 heterocycles. The highest BCUT2D eigenvalue weighted by atomic mass is 32.2. The largest absolute Gasteiger partial charge is 0.492 e. The summed E-state index contributed by atoms with van der Waals surface area (Å²) in [6.07, 6.45) is 1.65. The van der Waals surface area contributed by atoms with Crippen LogP contribution >= 0.6 is 0 Å². The molecule has 1 N–H and O–H groups in total. The Morgan fingerprint density at radius 1 is 1.09 bits per heavy atom. The lowest BCUT2D eigenvalue weighted by Crippen LogP contribution is -2.59. The molecule has 6 nitrogen and oxygen atoms in total. The van der Waals surface area contributed by atoms with Crippen LogP contribution in [0.4, 0.5) is 4.39 Å². The molecule has 0 aliphatic carbocycles. The zero-order valence-corrected chi connectivity index (χ0v) is 20.1. The van der Waals surface area contributed by atoms with Crippen LogP contribution in [0.2, 0.25) is 0 Å². The molecular weight excluding hydrogens is 443 g/mol. The Morgan fingerprint density at radius 3 is 2.58 bits per heavy atom. The minimum absolute atomic E-state index is 0.116. The molecule has 178 valence electrons. The van der Waals surface area contributed by atoms with E-state index in [-0.39, 0.29) is 31.2 Å². The second-order valence-corrected chi connectivity index (χ2v) is 12.2. The summed E-state index contributed by atoms with van der Waals surface area (Å²) < 4.78 is 49.3. The molecule has 1 saturated heterocycles. The number of para-hydroxylation sites is 1. The molecule has 33 heavy (non-hydrogen) atoms. The monoisotopic (exact) mass is 474 g/mol. The van der Waals surface area contributed by atoms with Gasteiger partial charge < -0.3 is 9.64 Å². The highest BCUT2D eigenvalue weighted by Crippen LogP contribution is 2.35. The van der Waals surface area contributed by atoms with E-state index in [9.17, 15) is 13.2 Å². The Balaban J connectivity index is 1.78. The highest BCUT2D eigenvalue weighted by molar-refractivity contribution is 7.90. The molecule has 2 unspecified atom stereocenters. The van der Waals surface area contributed by atoms with E-state index in [0.717, 1.165) is 0 Å². The van der Waals surface area contributed by atoms with Gasteiger partial charge in [0.25, 0.3) is 0 Å². The van der Waals surface area contributed by atoms with Crippen molar-refractivity contribution in [3.8, 4) is 16.9 Å². The van der Waals surface area contributed by atoms with Crippen molar-refractivity contribution in [3.63, 3.8) is 0 Å². The maximum Gasteiger partial charge on any atom is 0.226 e. The second-order valence-electron chi connectivity index (χ2n) is 9.71. The van der Waals surface area contributed by atoms with Crippen molar-refractivity contribution in [2.45, 2.75) is 63.3 Å². The van der Waals surface area contributed by atoms with Gasteiger partial charge in [0.15, 0.2) is 0 Å². The number of fused-ring (bicyclic) bond motifs is 5. The normalized spacial score (nSPS) is 21.8. The number of piperidine rings is 1. The van der Waals surface area contributed by atoms with E-state index in [2.05, 4.69) is 4.72 Å². The van der Waals surface area contributed by atoms with Gasteiger partial charge in [-0.3, -0.25) is 4.79 Å². The Bertz CT molecular complexity index is 1140. The minimum Gasteiger partial charge on any atom is -0.492 e. The Hall–Kier alpha value is -2.45. The molecule has 0 aromatic heterocycles. The lowest BCUT2D eigenvalue weighted by molar-refractivity contribution is -0.136. The lowest BCUT2D eigenvalue weighted by atomic mass is 9.89. The molecule has 1 fully saturated rings. The first-order chi connectivity index (χ1) is 15.6. The van der Waals surface area contributed by atoms with Gasteiger partial charge in [-0.2, -0.15) is 0 Å². The third-order valence-corrected chi connectivity index (χ3v) is 8.70. The molecule has 0 spiro atoms. The molecule has 2 aliphatic heterocycles. The zero-order valence-electron chi connectivity index (χ0n) is 19.3. The summed E-state index contributed by atoms with van der Waals surface area (Å²) in [5, 5.41) is 0. The van der Waals surface area contributed by atoms with Crippen molar-refractivity contribution in [2.75, 3.05) is 13.2 Å². The number of rotatable bonds is 2. The van der Waals surface area contributed by atoms with Crippen molar-refractivity contribution in [2.24, 2.45) is 0 Å². The van der Waals surface area contributed by atoms with E-state index in [1.165, 1.54) is 0 Å². The van der Waals surface area contributed by atoms with E-state index in [1.807, 2.05) is 12.1 Å². The van der Waals surface area contributed by atoms with Crippen LogP contribution in [0.1, 0.15) is 45.6 Å². The average Bonchev–Trinajstić information content (AvgIpc) is 2.75. The van der Waals surface area contributed by atoms with Crippen LogP contribution in [0.15, 0.2) is 42.5 Å². The number of ether oxygens (including phenoxy) is 1. The number of hydrogen-bond acceptors (Lipinski definition) is 4. The van der Waals surface area contributed by atoms with Gasteiger partial charge >= 0.3 is 0 Å². The van der Waals surface area contributed by atoms with E-state index in [1.54, 1.807) is 56.0 Å². The van der Waals surface area contributed by atoms with Gasteiger partial charge in [-0.05, 0) is 51.7 Å². The molecule has 2 bridgehead atoms. The summed E-state index contributed by atoms with van der Waals surface area (Å²) >= 11 is 0. The van der Waals surface area contributed by atoms with Gasteiger partial charge in [0.1, 0.15) is 11.6 Å². The van der Waals surface area contributed by atoms with Crippen LogP contribution in [0.5, 0.6) is 5.75 Å².